The molecule has 1 aromatic carbocycles. The van der Waals surface area contributed by atoms with Crippen LogP contribution in [0.2, 0.25) is 0 Å². The molecule has 0 saturated carbocycles. The monoisotopic (exact) mass is 385 g/mol. The van der Waals surface area contributed by atoms with Gasteiger partial charge in [0.25, 0.3) is 0 Å². The molecule has 0 radical (unpaired) electrons. The van der Waals surface area contributed by atoms with Gasteiger partial charge in [-0.2, -0.15) is 0 Å². The van der Waals surface area contributed by atoms with Gasteiger partial charge in [-0.05, 0) is 56.5 Å². The maximum atomic E-state index is 13.5. The molecule has 1 aliphatic heterocycles. The van der Waals surface area contributed by atoms with Crippen molar-refractivity contribution < 1.29 is 9.50 Å². The van der Waals surface area contributed by atoms with Crippen LogP contribution >= 0.6 is 0 Å². The summed E-state index contributed by atoms with van der Waals surface area (Å²) in [7, 11) is 0. The van der Waals surface area contributed by atoms with Gasteiger partial charge in [0, 0.05) is 31.4 Å². The zero-order valence-corrected chi connectivity index (χ0v) is 16.5. The minimum atomic E-state index is -0.622. The Balaban J connectivity index is 1.56. The summed E-state index contributed by atoms with van der Waals surface area (Å²) >= 11 is 0. The summed E-state index contributed by atoms with van der Waals surface area (Å²) in [5.74, 6) is 0.798. The highest BCUT2D eigenvalue weighted by Gasteiger charge is 2.21. The largest absolute Gasteiger partial charge is 0.505 e. The van der Waals surface area contributed by atoms with Gasteiger partial charge in [0.2, 0.25) is 0 Å². The van der Waals surface area contributed by atoms with E-state index < -0.39 is 5.82 Å². The Kier molecular flexibility index (Phi) is 6.68. The quantitative estimate of drug-likeness (QED) is 0.545. The Hall–Kier alpha value is -2.83. The van der Waals surface area contributed by atoms with Crippen LogP contribution in [0.3, 0.4) is 0 Å². The highest BCUT2D eigenvalue weighted by Crippen LogP contribution is 2.19. The summed E-state index contributed by atoms with van der Waals surface area (Å²) in [6.45, 7) is 7.01. The predicted molar refractivity (Wildman–Crippen MR) is 110 cm³/mol. The molecule has 0 amide bonds. The number of hydrogen-bond acceptors (Lipinski definition) is 4. The molecule has 0 atom stereocenters. The van der Waals surface area contributed by atoms with Crippen LogP contribution in [0.25, 0.3) is 0 Å². The van der Waals surface area contributed by atoms with E-state index in [-0.39, 0.29) is 5.75 Å². The molecule has 6 nitrogen and oxygen atoms in total. The summed E-state index contributed by atoms with van der Waals surface area (Å²) in [6, 6.07) is 10.8. The van der Waals surface area contributed by atoms with Gasteiger partial charge in [-0.1, -0.05) is 12.1 Å². The lowest BCUT2D eigenvalue weighted by Crippen LogP contribution is -2.48. The molecule has 3 rings (SSSR count). The number of pyridine rings is 1. The van der Waals surface area contributed by atoms with E-state index in [1.807, 2.05) is 26.0 Å². The van der Waals surface area contributed by atoms with E-state index in [9.17, 15) is 9.50 Å². The molecule has 3 N–H and O–H groups in total. The van der Waals surface area contributed by atoms with Crippen molar-refractivity contribution in [2.24, 2.45) is 4.99 Å². The summed E-state index contributed by atoms with van der Waals surface area (Å²) in [5.41, 5.74) is 1.75. The van der Waals surface area contributed by atoms with Crippen LogP contribution in [0.5, 0.6) is 5.75 Å². The number of halogens is 1. The number of rotatable bonds is 5. The first-order chi connectivity index (χ1) is 13.5. The van der Waals surface area contributed by atoms with Gasteiger partial charge in [-0.25, -0.2) is 14.4 Å². The number of anilines is 1. The Morgan fingerprint density at radius 2 is 2.07 bits per heavy atom. The van der Waals surface area contributed by atoms with Crippen LogP contribution in [0, 0.1) is 12.7 Å². The molecule has 1 aromatic heterocycles. The topological polar surface area (TPSA) is 72.8 Å². The second-order valence-electron chi connectivity index (χ2n) is 7.02. The first kappa shape index (κ1) is 19.9. The Morgan fingerprint density at radius 1 is 1.29 bits per heavy atom. The van der Waals surface area contributed by atoms with Crippen molar-refractivity contribution in [2.75, 3.05) is 24.5 Å². The van der Waals surface area contributed by atoms with E-state index in [0.29, 0.717) is 18.2 Å². The van der Waals surface area contributed by atoms with Crippen LogP contribution in [0.1, 0.15) is 31.0 Å². The van der Waals surface area contributed by atoms with E-state index in [2.05, 4.69) is 31.6 Å². The smallest absolute Gasteiger partial charge is 0.191 e. The molecule has 1 fully saturated rings. The van der Waals surface area contributed by atoms with Crippen molar-refractivity contribution in [1.82, 2.24) is 15.6 Å². The van der Waals surface area contributed by atoms with Gasteiger partial charge in [0.15, 0.2) is 17.5 Å². The van der Waals surface area contributed by atoms with Gasteiger partial charge >= 0.3 is 0 Å². The lowest BCUT2D eigenvalue weighted by molar-refractivity contribution is 0.432. The van der Waals surface area contributed by atoms with Gasteiger partial charge in [-0.3, -0.25) is 0 Å². The zero-order chi connectivity index (χ0) is 19.9. The van der Waals surface area contributed by atoms with Gasteiger partial charge < -0.3 is 20.6 Å². The standard InChI is InChI=1S/C21H28FN5O/c1-3-23-21(24-14-16-7-8-19(28)18(22)13-16)26-17-9-11-27(12-10-17)20-6-4-5-15(2)25-20/h4-8,13,17,28H,3,9-12,14H2,1-2H3,(H2,23,24,26). The molecule has 0 aliphatic carbocycles. The van der Waals surface area contributed by atoms with Gasteiger partial charge in [0.1, 0.15) is 5.82 Å². The molecule has 0 unspecified atom stereocenters. The fourth-order valence-corrected chi connectivity index (χ4v) is 3.29. The van der Waals surface area contributed by atoms with Crippen LogP contribution in [0.15, 0.2) is 41.4 Å². The van der Waals surface area contributed by atoms with E-state index in [1.54, 1.807) is 6.07 Å². The number of phenols is 1. The SMILES string of the molecule is CCNC(=NCc1ccc(O)c(F)c1)NC1CCN(c2cccc(C)n2)CC1. The number of aliphatic imine (C=N–C) groups is 1. The van der Waals surface area contributed by atoms with Crippen molar-refractivity contribution >= 4 is 11.8 Å². The van der Waals surface area contributed by atoms with Crippen LogP contribution in [-0.4, -0.2) is 41.7 Å². The highest BCUT2D eigenvalue weighted by molar-refractivity contribution is 5.80. The van der Waals surface area contributed by atoms with Crippen molar-refractivity contribution in [2.45, 2.75) is 39.3 Å². The molecular weight excluding hydrogens is 357 g/mol. The predicted octanol–water partition coefficient (Wildman–Crippen LogP) is 2.96. The first-order valence-corrected chi connectivity index (χ1v) is 9.76. The number of piperidine rings is 1. The van der Waals surface area contributed by atoms with Crippen molar-refractivity contribution in [3.8, 4) is 5.75 Å². The molecule has 1 aliphatic rings. The number of aromatic nitrogens is 1. The van der Waals surface area contributed by atoms with Gasteiger partial charge in [-0.15, -0.1) is 0 Å². The molecule has 1 saturated heterocycles. The number of nitrogens with zero attached hydrogens (tertiary/aromatic N) is 3. The average Bonchev–Trinajstić information content (AvgIpc) is 2.69. The van der Waals surface area contributed by atoms with E-state index >= 15 is 0 Å². The fraction of sp³-hybridized carbons (Fsp3) is 0.429. The Labute approximate surface area is 165 Å². The van der Waals surface area contributed by atoms with Crippen LogP contribution < -0.4 is 15.5 Å². The van der Waals surface area contributed by atoms with E-state index in [1.165, 1.54) is 12.1 Å². The second kappa shape index (κ2) is 9.39. The average molecular weight is 385 g/mol. The van der Waals surface area contributed by atoms with E-state index in [0.717, 1.165) is 49.9 Å². The third-order valence-corrected chi connectivity index (χ3v) is 4.81. The molecule has 28 heavy (non-hydrogen) atoms. The molecular formula is C21H28FN5O. The molecule has 150 valence electrons. The number of aryl methyl sites for hydroxylation is 1. The Bertz CT molecular complexity index is 818. The first-order valence-electron chi connectivity index (χ1n) is 9.76. The van der Waals surface area contributed by atoms with E-state index in [4.69, 9.17) is 0 Å². The van der Waals surface area contributed by atoms with Crippen molar-refractivity contribution in [3.63, 3.8) is 0 Å². The lowest BCUT2D eigenvalue weighted by Gasteiger charge is -2.34. The maximum Gasteiger partial charge on any atom is 0.191 e. The summed E-state index contributed by atoms with van der Waals surface area (Å²) in [4.78, 5) is 11.5. The molecule has 0 bridgehead atoms. The number of benzene rings is 1. The number of hydrogen-bond donors (Lipinski definition) is 3. The minimum absolute atomic E-state index is 0.329. The van der Waals surface area contributed by atoms with Crippen LogP contribution in [0.4, 0.5) is 10.2 Å². The zero-order valence-electron chi connectivity index (χ0n) is 16.5. The van der Waals surface area contributed by atoms with Crippen molar-refractivity contribution in [3.05, 3.63) is 53.5 Å². The summed E-state index contributed by atoms with van der Waals surface area (Å²) < 4.78 is 13.5. The number of nitrogens with one attached hydrogen (secondary N) is 2. The third kappa shape index (κ3) is 5.34. The molecule has 2 aromatic rings. The maximum absolute atomic E-state index is 13.5. The molecule has 0 spiro atoms. The Morgan fingerprint density at radius 3 is 2.75 bits per heavy atom. The summed E-state index contributed by atoms with van der Waals surface area (Å²) in [5, 5.41) is 16.0. The number of phenolic OH excluding ortho intramolecular Hbond substituents is 1. The minimum Gasteiger partial charge on any atom is -0.505 e. The number of guanidine groups is 1. The number of aromatic hydroxyl groups is 1. The van der Waals surface area contributed by atoms with Gasteiger partial charge in [0.05, 0.1) is 6.54 Å². The van der Waals surface area contributed by atoms with Crippen molar-refractivity contribution in [1.29, 1.82) is 0 Å². The molecule has 7 heteroatoms. The normalized spacial score (nSPS) is 15.5. The van der Waals surface area contributed by atoms with Crippen LogP contribution in [-0.2, 0) is 6.54 Å². The third-order valence-electron chi connectivity index (χ3n) is 4.81. The summed E-state index contributed by atoms with van der Waals surface area (Å²) in [6.07, 6.45) is 1.99. The fourth-order valence-electron chi connectivity index (χ4n) is 3.29. The molecule has 2 heterocycles. The second-order valence-corrected chi connectivity index (χ2v) is 7.02. The lowest BCUT2D eigenvalue weighted by atomic mass is 10.1. The highest BCUT2D eigenvalue weighted by atomic mass is 19.1.